The van der Waals surface area contributed by atoms with E-state index in [9.17, 15) is 19.8 Å². The van der Waals surface area contributed by atoms with Crippen molar-refractivity contribution >= 4 is 11.9 Å². The van der Waals surface area contributed by atoms with Gasteiger partial charge in [-0.25, -0.2) is 0 Å². The standard InChI is InChI=1S/2C18H36O3.C2H6O2/c2*1-2-3-4-11-14-17(19)15-12-9-7-5-6-8-10-13-16-18(20)21;3-1-2-4/h2*17,19H,2-16H2,1H3,(H,20,21);3-4H,1-2H2. The van der Waals surface area contributed by atoms with Gasteiger partial charge < -0.3 is 30.6 Å². The Kier molecular flexibility index (Phi) is 46.8. The molecule has 0 aliphatic heterocycles. The SMILES string of the molecule is CCCCCCC(O)CCCCCCCCCCC(=O)O.CCCCCCC(O)CCCCCCCCCCC(=O)O.OCCO. The van der Waals surface area contributed by atoms with Gasteiger partial charge in [0, 0.05) is 12.8 Å². The minimum atomic E-state index is -0.678. The van der Waals surface area contributed by atoms with Crippen molar-refractivity contribution < 1.29 is 40.2 Å². The Labute approximate surface area is 283 Å². The van der Waals surface area contributed by atoms with Gasteiger partial charge in [-0.2, -0.15) is 0 Å². The first-order chi connectivity index (χ1) is 22.2. The fourth-order valence-electron chi connectivity index (χ4n) is 5.34. The van der Waals surface area contributed by atoms with Crippen molar-refractivity contribution in [3.05, 3.63) is 0 Å². The summed E-state index contributed by atoms with van der Waals surface area (Å²) in [5.74, 6) is -1.36. The van der Waals surface area contributed by atoms with Gasteiger partial charge in [0.1, 0.15) is 0 Å². The van der Waals surface area contributed by atoms with Crippen molar-refractivity contribution in [1.82, 2.24) is 0 Å². The van der Waals surface area contributed by atoms with Crippen molar-refractivity contribution in [2.75, 3.05) is 13.2 Å². The van der Waals surface area contributed by atoms with Crippen molar-refractivity contribution in [3.63, 3.8) is 0 Å². The van der Waals surface area contributed by atoms with Crippen molar-refractivity contribution in [3.8, 4) is 0 Å². The molecule has 0 fully saturated rings. The number of carboxylic acid groups (broad SMARTS) is 2. The first-order valence-corrected chi connectivity index (χ1v) is 19.3. The molecule has 0 heterocycles. The molecular weight excluding hydrogens is 584 g/mol. The quantitative estimate of drug-likeness (QED) is 0.0380. The van der Waals surface area contributed by atoms with Crippen LogP contribution in [-0.4, -0.2) is 68.0 Å². The molecule has 0 aromatic carbocycles. The fourth-order valence-corrected chi connectivity index (χ4v) is 5.34. The molecule has 0 aliphatic rings. The van der Waals surface area contributed by atoms with Crippen LogP contribution in [0.15, 0.2) is 0 Å². The summed E-state index contributed by atoms with van der Waals surface area (Å²) >= 11 is 0. The lowest BCUT2D eigenvalue weighted by Crippen LogP contribution is -2.05. The summed E-state index contributed by atoms with van der Waals surface area (Å²) in [6.45, 7) is 4.17. The van der Waals surface area contributed by atoms with Gasteiger partial charge in [-0.1, -0.05) is 155 Å². The summed E-state index contributed by atoms with van der Waals surface area (Å²) in [6.07, 6.45) is 32.5. The number of carboxylic acids is 2. The Morgan fingerprint density at radius 1 is 0.391 bits per heavy atom. The normalized spacial score (nSPS) is 12.0. The Morgan fingerprint density at radius 2 is 0.609 bits per heavy atom. The van der Waals surface area contributed by atoms with Crippen LogP contribution in [0.1, 0.15) is 206 Å². The second-order valence-corrected chi connectivity index (χ2v) is 13.0. The van der Waals surface area contributed by atoms with Gasteiger partial charge in [0.05, 0.1) is 25.4 Å². The highest BCUT2D eigenvalue weighted by atomic mass is 16.4. The number of aliphatic hydroxyl groups excluding tert-OH is 4. The predicted molar refractivity (Wildman–Crippen MR) is 191 cm³/mol. The first kappa shape index (κ1) is 49.2. The lowest BCUT2D eigenvalue weighted by atomic mass is 10.0. The molecular formula is C38H78O8. The molecule has 0 rings (SSSR count). The topological polar surface area (TPSA) is 156 Å². The smallest absolute Gasteiger partial charge is 0.303 e. The summed E-state index contributed by atoms with van der Waals surface area (Å²) in [5, 5.41) is 52.0. The van der Waals surface area contributed by atoms with Gasteiger partial charge in [0.2, 0.25) is 0 Å². The highest BCUT2D eigenvalue weighted by Gasteiger charge is 2.05. The zero-order valence-electron chi connectivity index (χ0n) is 30.3. The fraction of sp³-hybridized carbons (Fsp3) is 0.947. The van der Waals surface area contributed by atoms with E-state index in [0.717, 1.165) is 77.0 Å². The van der Waals surface area contributed by atoms with E-state index in [2.05, 4.69) is 13.8 Å². The van der Waals surface area contributed by atoms with E-state index in [0.29, 0.717) is 12.8 Å². The molecule has 8 nitrogen and oxygen atoms in total. The van der Waals surface area contributed by atoms with Gasteiger partial charge in [-0.3, -0.25) is 9.59 Å². The van der Waals surface area contributed by atoms with Crippen LogP contribution in [0.3, 0.4) is 0 Å². The second-order valence-electron chi connectivity index (χ2n) is 13.0. The number of unbranched alkanes of at least 4 members (excludes halogenated alkanes) is 20. The minimum Gasteiger partial charge on any atom is -0.481 e. The second kappa shape index (κ2) is 43.8. The molecule has 0 aromatic rings. The van der Waals surface area contributed by atoms with Gasteiger partial charge >= 0.3 is 11.9 Å². The third kappa shape index (κ3) is 52.3. The van der Waals surface area contributed by atoms with E-state index in [-0.39, 0.29) is 25.4 Å². The predicted octanol–water partition coefficient (Wildman–Crippen LogP) is 9.58. The molecule has 0 aromatic heterocycles. The molecule has 2 atom stereocenters. The Balaban J connectivity index is -0.000000719. The average molecular weight is 663 g/mol. The van der Waals surface area contributed by atoms with Crippen LogP contribution in [0.2, 0.25) is 0 Å². The maximum absolute atomic E-state index is 10.3. The van der Waals surface area contributed by atoms with Gasteiger partial charge in [0.25, 0.3) is 0 Å². The molecule has 0 aliphatic carbocycles. The van der Waals surface area contributed by atoms with Gasteiger partial charge in [-0.05, 0) is 38.5 Å². The molecule has 0 bridgehead atoms. The summed E-state index contributed by atoms with van der Waals surface area (Å²) in [6, 6.07) is 0. The van der Waals surface area contributed by atoms with E-state index in [4.69, 9.17) is 20.4 Å². The zero-order chi connectivity index (χ0) is 34.9. The van der Waals surface area contributed by atoms with Gasteiger partial charge in [0.15, 0.2) is 0 Å². The van der Waals surface area contributed by atoms with E-state index in [1.54, 1.807) is 0 Å². The molecule has 0 amide bonds. The van der Waals surface area contributed by atoms with Crippen LogP contribution in [-0.2, 0) is 9.59 Å². The molecule has 6 N–H and O–H groups in total. The minimum absolute atomic E-state index is 0.0853. The number of rotatable bonds is 33. The Bertz CT molecular complexity index is 537. The number of carbonyl (C=O) groups is 2. The Morgan fingerprint density at radius 3 is 0.826 bits per heavy atom. The van der Waals surface area contributed by atoms with Crippen LogP contribution in [0.4, 0.5) is 0 Å². The van der Waals surface area contributed by atoms with Gasteiger partial charge in [-0.15, -0.1) is 0 Å². The lowest BCUT2D eigenvalue weighted by Gasteiger charge is -2.10. The van der Waals surface area contributed by atoms with Crippen molar-refractivity contribution in [2.24, 2.45) is 0 Å². The van der Waals surface area contributed by atoms with Crippen molar-refractivity contribution in [1.29, 1.82) is 0 Å². The lowest BCUT2D eigenvalue weighted by molar-refractivity contribution is -0.138. The highest BCUT2D eigenvalue weighted by Crippen LogP contribution is 2.15. The van der Waals surface area contributed by atoms with E-state index >= 15 is 0 Å². The van der Waals surface area contributed by atoms with Crippen LogP contribution in [0.25, 0.3) is 0 Å². The van der Waals surface area contributed by atoms with Crippen LogP contribution in [0.5, 0.6) is 0 Å². The number of hydrogen-bond donors (Lipinski definition) is 6. The van der Waals surface area contributed by atoms with E-state index in [1.807, 2.05) is 0 Å². The highest BCUT2D eigenvalue weighted by molar-refractivity contribution is 5.66. The monoisotopic (exact) mass is 663 g/mol. The molecule has 0 saturated heterocycles. The summed E-state index contributed by atoms with van der Waals surface area (Å²) in [4.78, 5) is 20.7. The molecule has 0 saturated carbocycles. The van der Waals surface area contributed by atoms with Crippen LogP contribution >= 0.6 is 0 Å². The molecule has 0 radical (unpaired) electrons. The maximum atomic E-state index is 10.3. The molecule has 278 valence electrons. The summed E-state index contributed by atoms with van der Waals surface area (Å²) in [5.41, 5.74) is 0. The maximum Gasteiger partial charge on any atom is 0.303 e. The number of aliphatic hydroxyl groups is 4. The molecule has 0 spiro atoms. The molecule has 8 heteroatoms. The van der Waals surface area contributed by atoms with Crippen LogP contribution in [0, 0.1) is 0 Å². The molecule has 46 heavy (non-hydrogen) atoms. The Hall–Kier alpha value is -1.22. The van der Waals surface area contributed by atoms with Crippen molar-refractivity contribution in [2.45, 2.75) is 219 Å². The van der Waals surface area contributed by atoms with Crippen LogP contribution < -0.4 is 0 Å². The average Bonchev–Trinajstić information content (AvgIpc) is 3.03. The largest absolute Gasteiger partial charge is 0.481 e. The van der Waals surface area contributed by atoms with E-state index < -0.39 is 11.9 Å². The summed E-state index contributed by atoms with van der Waals surface area (Å²) < 4.78 is 0. The number of hydrogen-bond acceptors (Lipinski definition) is 6. The van der Waals surface area contributed by atoms with E-state index in [1.165, 1.54) is 103 Å². The third-order valence-electron chi connectivity index (χ3n) is 8.24. The molecule has 2 unspecified atom stereocenters. The third-order valence-corrected chi connectivity index (χ3v) is 8.24. The zero-order valence-corrected chi connectivity index (χ0v) is 30.3. The summed E-state index contributed by atoms with van der Waals surface area (Å²) in [7, 11) is 0. The number of aliphatic carboxylic acids is 2. The first-order valence-electron chi connectivity index (χ1n) is 19.3.